The van der Waals surface area contributed by atoms with E-state index in [9.17, 15) is 9.59 Å². The molecule has 3 rings (SSSR count). The predicted molar refractivity (Wildman–Crippen MR) is 110 cm³/mol. The summed E-state index contributed by atoms with van der Waals surface area (Å²) in [5, 5.41) is 1.27. The van der Waals surface area contributed by atoms with Crippen LogP contribution in [0.1, 0.15) is 37.5 Å². The Labute approximate surface area is 161 Å². The van der Waals surface area contributed by atoms with Crippen molar-refractivity contribution < 1.29 is 4.79 Å². The fraction of sp³-hybridized carbons (Fsp3) is 0.350. The summed E-state index contributed by atoms with van der Waals surface area (Å²) in [4.78, 5) is 31.8. The Morgan fingerprint density at radius 3 is 2.46 bits per heavy atom. The highest BCUT2D eigenvalue weighted by Gasteiger charge is 2.17. The maximum atomic E-state index is 12.7. The van der Waals surface area contributed by atoms with Crippen LogP contribution in [0.25, 0.3) is 10.2 Å². The van der Waals surface area contributed by atoms with Crippen LogP contribution in [0.3, 0.4) is 0 Å². The number of benzene rings is 1. The second-order valence-corrected chi connectivity index (χ2v) is 8.83. The third kappa shape index (κ3) is 3.23. The van der Waals surface area contributed by atoms with Crippen molar-refractivity contribution in [2.45, 2.75) is 39.8 Å². The van der Waals surface area contributed by atoms with Crippen molar-refractivity contribution in [3.63, 3.8) is 0 Å². The SMILES string of the molecule is Cc1cc(C)c(C(=O)CSc2nc3sc(C)c(C)c3c(=O)n2C)cc1C. The number of hydrogen-bond acceptors (Lipinski definition) is 5. The van der Waals surface area contributed by atoms with Crippen LogP contribution in [0.2, 0.25) is 0 Å². The van der Waals surface area contributed by atoms with Crippen molar-refractivity contribution in [2.75, 3.05) is 5.75 Å². The monoisotopic (exact) mass is 386 g/mol. The zero-order valence-corrected chi connectivity index (χ0v) is 17.5. The highest BCUT2D eigenvalue weighted by Crippen LogP contribution is 2.28. The third-order valence-electron chi connectivity index (χ3n) is 4.84. The van der Waals surface area contributed by atoms with Crippen molar-refractivity contribution >= 4 is 39.1 Å². The number of rotatable bonds is 4. The Balaban J connectivity index is 1.91. The van der Waals surface area contributed by atoms with Gasteiger partial charge in [-0.05, 0) is 62.9 Å². The number of carbonyl (C=O) groups excluding carboxylic acids is 1. The molecule has 2 heterocycles. The van der Waals surface area contributed by atoms with E-state index >= 15 is 0 Å². The molecular formula is C20H22N2O2S2. The van der Waals surface area contributed by atoms with E-state index in [1.807, 2.05) is 46.8 Å². The molecule has 0 unspecified atom stereocenters. The Bertz CT molecular complexity index is 1090. The van der Waals surface area contributed by atoms with Crippen molar-refractivity contribution in [3.8, 4) is 0 Å². The number of aryl methyl sites for hydroxylation is 5. The molecule has 0 saturated heterocycles. The Hall–Kier alpha value is -1.92. The Morgan fingerprint density at radius 1 is 1.12 bits per heavy atom. The van der Waals surface area contributed by atoms with Crippen LogP contribution in [0, 0.1) is 34.6 Å². The van der Waals surface area contributed by atoms with Gasteiger partial charge in [-0.15, -0.1) is 11.3 Å². The topological polar surface area (TPSA) is 52.0 Å². The summed E-state index contributed by atoms with van der Waals surface area (Å²) in [7, 11) is 1.72. The lowest BCUT2D eigenvalue weighted by Gasteiger charge is -2.10. The first kappa shape index (κ1) is 18.9. The molecule has 0 fully saturated rings. The number of Topliss-reactive ketones (excluding diaryl/α,β-unsaturated/α-hetero) is 1. The number of hydrogen-bond donors (Lipinski definition) is 0. The number of fused-ring (bicyclic) bond motifs is 1. The zero-order valence-electron chi connectivity index (χ0n) is 15.9. The Kier molecular flexibility index (Phi) is 5.08. The number of thiophene rings is 1. The van der Waals surface area contributed by atoms with E-state index < -0.39 is 0 Å². The van der Waals surface area contributed by atoms with Gasteiger partial charge < -0.3 is 0 Å². The first-order valence-electron chi connectivity index (χ1n) is 8.41. The zero-order chi connectivity index (χ0) is 19.2. The summed E-state index contributed by atoms with van der Waals surface area (Å²) >= 11 is 2.85. The lowest BCUT2D eigenvalue weighted by atomic mass is 9.99. The van der Waals surface area contributed by atoms with Gasteiger partial charge in [-0.3, -0.25) is 14.2 Å². The second-order valence-electron chi connectivity index (χ2n) is 6.69. The van der Waals surface area contributed by atoms with Gasteiger partial charge in [0.25, 0.3) is 5.56 Å². The molecule has 0 atom stereocenters. The number of nitrogens with zero attached hydrogens (tertiary/aromatic N) is 2. The van der Waals surface area contributed by atoms with E-state index in [1.54, 1.807) is 11.6 Å². The highest BCUT2D eigenvalue weighted by atomic mass is 32.2. The molecule has 0 saturated carbocycles. The molecule has 0 radical (unpaired) electrons. The molecule has 0 spiro atoms. The standard InChI is InChI=1S/C20H22N2O2S2/c1-10-7-12(3)15(8-11(10)2)16(23)9-25-20-21-18-17(19(24)22(20)6)13(4)14(5)26-18/h7-8H,9H2,1-6H3. The molecule has 4 nitrogen and oxygen atoms in total. The fourth-order valence-corrected chi connectivity index (χ4v) is 4.88. The highest BCUT2D eigenvalue weighted by molar-refractivity contribution is 7.99. The molecule has 6 heteroatoms. The Morgan fingerprint density at radius 2 is 1.77 bits per heavy atom. The number of carbonyl (C=O) groups is 1. The summed E-state index contributed by atoms with van der Waals surface area (Å²) in [6, 6.07) is 4.00. The summed E-state index contributed by atoms with van der Waals surface area (Å²) < 4.78 is 1.55. The minimum atomic E-state index is -0.0471. The molecule has 0 bridgehead atoms. The predicted octanol–water partition coefficient (Wildman–Crippen LogP) is 4.51. The van der Waals surface area contributed by atoms with Gasteiger partial charge in [-0.2, -0.15) is 0 Å². The maximum Gasteiger partial charge on any atom is 0.262 e. The van der Waals surface area contributed by atoms with Crippen LogP contribution in [0.4, 0.5) is 0 Å². The molecule has 0 N–H and O–H groups in total. The summed E-state index contributed by atoms with van der Waals surface area (Å²) in [6.07, 6.45) is 0. The van der Waals surface area contributed by atoms with E-state index in [-0.39, 0.29) is 17.1 Å². The number of ketones is 1. The van der Waals surface area contributed by atoms with Gasteiger partial charge in [0.15, 0.2) is 10.9 Å². The molecule has 0 aliphatic carbocycles. The molecule has 0 amide bonds. The first-order chi connectivity index (χ1) is 12.2. The van der Waals surface area contributed by atoms with Crippen LogP contribution >= 0.6 is 23.1 Å². The third-order valence-corrected chi connectivity index (χ3v) is 6.97. The lowest BCUT2D eigenvalue weighted by Crippen LogP contribution is -2.20. The van der Waals surface area contributed by atoms with Crippen molar-refractivity contribution in [3.05, 3.63) is 55.2 Å². The molecule has 0 aliphatic heterocycles. The van der Waals surface area contributed by atoms with Crippen molar-refractivity contribution in [1.82, 2.24) is 9.55 Å². The van der Waals surface area contributed by atoms with Gasteiger partial charge in [0.1, 0.15) is 4.83 Å². The van der Waals surface area contributed by atoms with Gasteiger partial charge in [-0.25, -0.2) is 4.98 Å². The van der Waals surface area contributed by atoms with Crippen LogP contribution in [0.5, 0.6) is 0 Å². The first-order valence-corrected chi connectivity index (χ1v) is 10.2. The summed E-state index contributed by atoms with van der Waals surface area (Å²) in [5.41, 5.74) is 4.98. The molecule has 136 valence electrons. The van der Waals surface area contributed by atoms with Gasteiger partial charge in [0.2, 0.25) is 0 Å². The smallest absolute Gasteiger partial charge is 0.262 e. The largest absolute Gasteiger partial charge is 0.293 e. The van der Waals surface area contributed by atoms with Crippen molar-refractivity contribution in [1.29, 1.82) is 0 Å². The fourth-order valence-electron chi connectivity index (χ4n) is 2.95. The second kappa shape index (κ2) is 7.00. The number of thioether (sulfide) groups is 1. The minimum Gasteiger partial charge on any atom is -0.293 e. The average Bonchev–Trinajstić information content (AvgIpc) is 2.87. The van der Waals surface area contributed by atoms with E-state index in [0.29, 0.717) is 10.5 Å². The summed E-state index contributed by atoms with van der Waals surface area (Å²) in [5.74, 6) is 0.321. The van der Waals surface area contributed by atoms with E-state index in [4.69, 9.17) is 0 Å². The van der Waals surface area contributed by atoms with Gasteiger partial charge in [0.05, 0.1) is 11.1 Å². The van der Waals surface area contributed by atoms with Crippen molar-refractivity contribution in [2.24, 2.45) is 7.05 Å². The van der Waals surface area contributed by atoms with Gasteiger partial charge >= 0.3 is 0 Å². The van der Waals surface area contributed by atoms with Gasteiger partial charge in [-0.1, -0.05) is 17.8 Å². The average molecular weight is 387 g/mol. The van der Waals surface area contributed by atoms with Crippen LogP contribution < -0.4 is 5.56 Å². The lowest BCUT2D eigenvalue weighted by molar-refractivity contribution is 0.102. The molecule has 1 aromatic carbocycles. The van der Waals surface area contributed by atoms with Crippen LogP contribution in [-0.4, -0.2) is 21.1 Å². The number of aromatic nitrogens is 2. The minimum absolute atomic E-state index is 0.0471. The molecule has 0 aliphatic rings. The van der Waals surface area contributed by atoms with E-state index in [1.165, 1.54) is 28.7 Å². The maximum absolute atomic E-state index is 12.7. The van der Waals surface area contributed by atoms with E-state index in [2.05, 4.69) is 4.98 Å². The van der Waals surface area contributed by atoms with Gasteiger partial charge in [0, 0.05) is 17.5 Å². The normalized spacial score (nSPS) is 11.3. The van der Waals surface area contributed by atoms with Crippen LogP contribution in [-0.2, 0) is 7.05 Å². The molecule has 2 aromatic heterocycles. The molecule has 3 aromatic rings. The molecular weight excluding hydrogens is 364 g/mol. The van der Waals surface area contributed by atoms with Crippen LogP contribution in [0.15, 0.2) is 22.1 Å². The summed E-state index contributed by atoms with van der Waals surface area (Å²) in [6.45, 7) is 9.97. The molecule has 26 heavy (non-hydrogen) atoms. The quantitative estimate of drug-likeness (QED) is 0.376. The van der Waals surface area contributed by atoms with E-state index in [0.717, 1.165) is 32.0 Å².